The lowest BCUT2D eigenvalue weighted by Gasteiger charge is -2.21. The molecule has 1 aliphatic rings. The summed E-state index contributed by atoms with van der Waals surface area (Å²) in [5, 5.41) is 0. The number of rotatable bonds is 3. The molecule has 1 aliphatic carbocycles. The van der Waals surface area contributed by atoms with Crippen LogP contribution in [0.1, 0.15) is 37.3 Å². The predicted octanol–water partition coefficient (Wildman–Crippen LogP) is 3.45. The van der Waals surface area contributed by atoms with Crippen molar-refractivity contribution in [3.05, 3.63) is 29.6 Å². The molecule has 96 valence electrons. The molecule has 2 nitrogen and oxygen atoms in total. The number of nitrogens with two attached hydrogens (primary N) is 1. The predicted molar refractivity (Wildman–Crippen MR) is 69.1 cm³/mol. The van der Waals surface area contributed by atoms with Crippen molar-refractivity contribution in [2.24, 2.45) is 11.7 Å². The minimum absolute atomic E-state index is 0. The van der Waals surface area contributed by atoms with Gasteiger partial charge in [-0.15, -0.1) is 12.4 Å². The van der Waals surface area contributed by atoms with Crippen molar-refractivity contribution in [3.63, 3.8) is 0 Å². The first-order chi connectivity index (χ1) is 7.74. The zero-order valence-corrected chi connectivity index (χ0v) is 10.8. The highest BCUT2D eigenvalue weighted by Crippen LogP contribution is 2.38. The van der Waals surface area contributed by atoms with Gasteiger partial charge in [0, 0.05) is 11.6 Å². The van der Waals surface area contributed by atoms with Crippen molar-refractivity contribution in [2.45, 2.75) is 31.7 Å². The van der Waals surface area contributed by atoms with Crippen LogP contribution in [-0.2, 0) is 0 Å². The molecule has 4 heteroatoms. The number of hydrogen-bond acceptors (Lipinski definition) is 2. The fourth-order valence-corrected chi connectivity index (χ4v) is 2.57. The van der Waals surface area contributed by atoms with E-state index in [1.54, 1.807) is 19.2 Å². The number of halogens is 2. The van der Waals surface area contributed by atoms with Gasteiger partial charge >= 0.3 is 0 Å². The normalized spacial score (nSPS) is 17.6. The van der Waals surface area contributed by atoms with E-state index in [0.29, 0.717) is 17.2 Å². The van der Waals surface area contributed by atoms with Gasteiger partial charge in [0.25, 0.3) is 0 Å². The number of hydrogen-bond donors (Lipinski definition) is 1. The fourth-order valence-electron chi connectivity index (χ4n) is 2.57. The van der Waals surface area contributed by atoms with Crippen molar-refractivity contribution < 1.29 is 9.13 Å². The highest BCUT2D eigenvalue weighted by molar-refractivity contribution is 5.85. The Morgan fingerprint density at radius 2 is 2.00 bits per heavy atom. The second-order valence-electron chi connectivity index (χ2n) is 4.43. The Kier molecular flexibility index (Phi) is 5.22. The Morgan fingerprint density at radius 3 is 2.59 bits per heavy atom. The van der Waals surface area contributed by atoms with Crippen molar-refractivity contribution in [2.75, 3.05) is 7.11 Å². The minimum atomic E-state index is -0.251. The molecule has 1 aromatic rings. The molecule has 0 saturated heterocycles. The summed E-state index contributed by atoms with van der Waals surface area (Å²) in [6.45, 7) is 0. The fraction of sp³-hybridized carbons (Fsp3) is 0.538. The maximum absolute atomic E-state index is 13.8. The van der Waals surface area contributed by atoms with E-state index < -0.39 is 0 Å². The maximum Gasteiger partial charge on any atom is 0.131 e. The number of ether oxygens (including phenoxy) is 1. The molecule has 2 rings (SSSR count). The molecule has 1 saturated carbocycles. The average Bonchev–Trinajstić information content (AvgIpc) is 2.81. The van der Waals surface area contributed by atoms with Crippen molar-refractivity contribution >= 4 is 12.4 Å². The molecule has 0 unspecified atom stereocenters. The molecule has 1 aromatic carbocycles. The molecule has 0 amide bonds. The molecule has 0 bridgehead atoms. The van der Waals surface area contributed by atoms with Crippen LogP contribution in [0.15, 0.2) is 18.2 Å². The van der Waals surface area contributed by atoms with Gasteiger partial charge in [-0.1, -0.05) is 18.9 Å². The Hall–Kier alpha value is -0.800. The van der Waals surface area contributed by atoms with Gasteiger partial charge in [0.05, 0.1) is 7.11 Å². The molecule has 0 heterocycles. The van der Waals surface area contributed by atoms with E-state index in [0.717, 1.165) is 12.8 Å². The van der Waals surface area contributed by atoms with Crippen LogP contribution >= 0.6 is 12.4 Å². The summed E-state index contributed by atoms with van der Waals surface area (Å²) in [6.07, 6.45) is 4.60. The summed E-state index contributed by atoms with van der Waals surface area (Å²) >= 11 is 0. The third kappa shape index (κ3) is 2.90. The average molecular weight is 260 g/mol. The minimum Gasteiger partial charge on any atom is -0.496 e. The lowest BCUT2D eigenvalue weighted by atomic mass is 9.91. The summed E-state index contributed by atoms with van der Waals surface area (Å²) in [5.74, 6) is 0.712. The lowest BCUT2D eigenvalue weighted by Crippen LogP contribution is -2.21. The molecule has 0 aliphatic heterocycles. The van der Waals surface area contributed by atoms with Gasteiger partial charge in [-0.3, -0.25) is 0 Å². The Morgan fingerprint density at radius 1 is 1.35 bits per heavy atom. The van der Waals surface area contributed by atoms with E-state index in [1.165, 1.54) is 18.9 Å². The summed E-state index contributed by atoms with van der Waals surface area (Å²) < 4.78 is 19.0. The van der Waals surface area contributed by atoms with Gasteiger partial charge in [0.1, 0.15) is 11.6 Å². The van der Waals surface area contributed by atoms with E-state index in [2.05, 4.69) is 0 Å². The van der Waals surface area contributed by atoms with Crippen LogP contribution in [0.25, 0.3) is 0 Å². The Balaban J connectivity index is 0.00000144. The van der Waals surface area contributed by atoms with E-state index in [4.69, 9.17) is 10.5 Å². The maximum atomic E-state index is 13.8. The third-order valence-corrected chi connectivity index (χ3v) is 3.47. The summed E-state index contributed by atoms with van der Waals surface area (Å²) in [5.41, 5.74) is 6.70. The van der Waals surface area contributed by atoms with Crippen LogP contribution < -0.4 is 10.5 Å². The molecular weight excluding hydrogens is 241 g/mol. The standard InChI is InChI=1S/C13H18FNO.ClH/c1-16-11-8-4-7-10(14)12(11)13(15)9-5-2-3-6-9;/h4,7-9,13H,2-3,5-6,15H2,1H3;1H/t13-;/m1./s1. The van der Waals surface area contributed by atoms with E-state index >= 15 is 0 Å². The van der Waals surface area contributed by atoms with E-state index in [9.17, 15) is 4.39 Å². The van der Waals surface area contributed by atoms with Gasteiger partial charge in [0.15, 0.2) is 0 Å². The van der Waals surface area contributed by atoms with Crippen LogP contribution in [0.4, 0.5) is 4.39 Å². The topological polar surface area (TPSA) is 35.2 Å². The molecule has 1 fully saturated rings. The third-order valence-electron chi connectivity index (χ3n) is 3.47. The molecular formula is C13H19ClFNO. The molecule has 2 N–H and O–H groups in total. The smallest absolute Gasteiger partial charge is 0.131 e. The molecule has 0 radical (unpaired) electrons. The second kappa shape index (κ2) is 6.22. The van der Waals surface area contributed by atoms with Gasteiger partial charge in [-0.2, -0.15) is 0 Å². The SMILES string of the molecule is COc1cccc(F)c1[C@H](N)C1CCCC1.Cl. The van der Waals surface area contributed by atoms with Gasteiger partial charge < -0.3 is 10.5 Å². The molecule has 17 heavy (non-hydrogen) atoms. The highest BCUT2D eigenvalue weighted by atomic mass is 35.5. The van der Waals surface area contributed by atoms with Crippen molar-refractivity contribution in [3.8, 4) is 5.75 Å². The zero-order valence-electron chi connectivity index (χ0n) is 9.99. The Labute approximate surface area is 108 Å². The van der Waals surface area contributed by atoms with Crippen molar-refractivity contribution in [1.82, 2.24) is 0 Å². The molecule has 1 atom stereocenters. The number of benzene rings is 1. The monoisotopic (exact) mass is 259 g/mol. The van der Waals surface area contributed by atoms with Crippen LogP contribution in [0.2, 0.25) is 0 Å². The van der Waals surface area contributed by atoms with Gasteiger partial charge in [-0.25, -0.2) is 4.39 Å². The highest BCUT2D eigenvalue weighted by Gasteiger charge is 2.27. The largest absolute Gasteiger partial charge is 0.496 e. The lowest BCUT2D eigenvalue weighted by molar-refractivity contribution is 0.374. The number of methoxy groups -OCH3 is 1. The van der Waals surface area contributed by atoms with Gasteiger partial charge in [-0.05, 0) is 30.9 Å². The molecule has 0 spiro atoms. The zero-order chi connectivity index (χ0) is 11.5. The quantitative estimate of drug-likeness (QED) is 0.902. The van der Waals surface area contributed by atoms with E-state index in [1.807, 2.05) is 0 Å². The Bertz CT molecular complexity index is 366. The first-order valence-corrected chi connectivity index (χ1v) is 5.82. The summed E-state index contributed by atoms with van der Waals surface area (Å²) in [7, 11) is 1.56. The first kappa shape index (κ1) is 14.3. The van der Waals surface area contributed by atoms with Gasteiger partial charge in [0.2, 0.25) is 0 Å². The van der Waals surface area contributed by atoms with E-state index in [-0.39, 0.29) is 24.3 Å². The summed E-state index contributed by atoms with van der Waals surface area (Å²) in [6, 6.07) is 4.64. The van der Waals surface area contributed by atoms with Crippen LogP contribution in [0.5, 0.6) is 5.75 Å². The van der Waals surface area contributed by atoms with Crippen LogP contribution in [0.3, 0.4) is 0 Å². The van der Waals surface area contributed by atoms with Crippen LogP contribution in [-0.4, -0.2) is 7.11 Å². The second-order valence-corrected chi connectivity index (χ2v) is 4.43. The first-order valence-electron chi connectivity index (χ1n) is 5.82. The van der Waals surface area contributed by atoms with Crippen LogP contribution in [0, 0.1) is 11.7 Å². The molecule has 0 aromatic heterocycles. The summed E-state index contributed by atoms with van der Waals surface area (Å²) in [4.78, 5) is 0. The van der Waals surface area contributed by atoms with Crippen molar-refractivity contribution in [1.29, 1.82) is 0 Å².